The van der Waals surface area contributed by atoms with E-state index >= 15 is 0 Å². The van der Waals surface area contributed by atoms with Gasteiger partial charge in [-0.25, -0.2) is 19.4 Å². The summed E-state index contributed by atoms with van der Waals surface area (Å²) in [6.07, 6.45) is 8.08. The summed E-state index contributed by atoms with van der Waals surface area (Å²) in [7, 11) is 0. The molecule has 1 aromatic heterocycles. The van der Waals surface area contributed by atoms with E-state index < -0.39 is 29.1 Å². The highest BCUT2D eigenvalue weighted by Crippen LogP contribution is 2.33. The number of esters is 3. The molecule has 1 N–H and O–H groups in total. The van der Waals surface area contributed by atoms with Gasteiger partial charge in [0.2, 0.25) is 5.13 Å². The second kappa shape index (κ2) is 18.3. The zero-order chi connectivity index (χ0) is 43.1. The van der Waals surface area contributed by atoms with Gasteiger partial charge < -0.3 is 23.7 Å². The maximum absolute atomic E-state index is 13.3. The normalized spacial score (nSPS) is 13.4. The Morgan fingerprint density at radius 1 is 0.867 bits per heavy atom. The van der Waals surface area contributed by atoms with Crippen LogP contribution in [0.1, 0.15) is 89.2 Å². The van der Waals surface area contributed by atoms with Crippen LogP contribution in [0.25, 0.3) is 21.0 Å². The van der Waals surface area contributed by atoms with E-state index in [0.717, 1.165) is 38.4 Å². The number of hydrogen-bond donors (Lipinski definition) is 1. The first-order valence-corrected chi connectivity index (χ1v) is 20.6. The maximum atomic E-state index is 13.3. The van der Waals surface area contributed by atoms with Crippen LogP contribution in [0, 0.1) is 0 Å². The minimum Gasteiger partial charge on any atom is -0.492 e. The number of ether oxygens (including phenoxy) is 5. The fraction of sp³-hybridized carbons (Fsp3) is 0.312. The molecule has 60 heavy (non-hydrogen) atoms. The average molecular weight is 830 g/mol. The van der Waals surface area contributed by atoms with E-state index in [4.69, 9.17) is 28.7 Å². The summed E-state index contributed by atoms with van der Waals surface area (Å²) in [5.41, 5.74) is 4.46. The largest absolute Gasteiger partial charge is 0.492 e. The van der Waals surface area contributed by atoms with Crippen molar-refractivity contribution in [3.8, 4) is 11.5 Å². The standard InChI is InChI=1S/C48H51N3O8S/c1-9-41(52)59-48(7,8)30-47(5,6)58-37-22-15-33(16-23-37)43(53)55-27-26-31-14-24-39(56-44(54)34-17-20-36(21-18-34)57-46(2,3)4)35(28-31)29-49-51-45-50-42-38-13-11-10-12-32(38)19-25-40(42)60-45/h9-15,17-22,24-25,28-29H,1,16,23,26-27,30H2,2-8H3,(H,50,51)/b49-29+. The fourth-order valence-corrected chi connectivity index (χ4v) is 7.81. The Morgan fingerprint density at radius 2 is 1.63 bits per heavy atom. The molecule has 4 aromatic carbocycles. The SMILES string of the molecule is C=CC(=O)OC(C)(C)CC(C)(C)OC1=CC=C(C(=O)OCCc2ccc(OC(=O)c3ccc(OC(C)(C)C)cc3)c(/C=N/Nc3nc4c(ccc5ccccc54)s3)c2)CC1. The summed E-state index contributed by atoms with van der Waals surface area (Å²) in [4.78, 5) is 42.9. The molecule has 0 saturated heterocycles. The molecule has 6 rings (SSSR count). The van der Waals surface area contributed by atoms with E-state index in [2.05, 4.69) is 29.2 Å². The number of thiazole rings is 1. The number of anilines is 1. The first kappa shape index (κ1) is 43.3. The predicted octanol–water partition coefficient (Wildman–Crippen LogP) is 10.7. The molecule has 0 saturated carbocycles. The molecule has 11 nitrogen and oxygen atoms in total. The van der Waals surface area contributed by atoms with Gasteiger partial charge in [0.05, 0.1) is 34.4 Å². The Labute approximate surface area is 354 Å². The molecular formula is C48H51N3O8S. The van der Waals surface area contributed by atoms with E-state index in [0.29, 0.717) is 59.0 Å². The van der Waals surface area contributed by atoms with E-state index in [9.17, 15) is 14.4 Å². The molecule has 0 unspecified atom stereocenters. The smallest absolute Gasteiger partial charge is 0.343 e. The summed E-state index contributed by atoms with van der Waals surface area (Å²) in [6.45, 7) is 17.0. The molecule has 1 aliphatic carbocycles. The second-order valence-electron chi connectivity index (χ2n) is 16.7. The number of carbonyl (C=O) groups is 3. The Bertz CT molecular complexity index is 2490. The number of carbonyl (C=O) groups excluding carboxylic acids is 3. The number of fused-ring (bicyclic) bond motifs is 3. The first-order chi connectivity index (χ1) is 28.5. The molecule has 1 aliphatic rings. The van der Waals surface area contributed by atoms with Crippen molar-refractivity contribution < 1.29 is 38.1 Å². The molecule has 0 aliphatic heterocycles. The fourth-order valence-electron chi connectivity index (χ4n) is 6.98. The quantitative estimate of drug-likeness (QED) is 0.0337. The van der Waals surface area contributed by atoms with Crippen molar-refractivity contribution in [2.24, 2.45) is 5.10 Å². The molecule has 0 fully saturated rings. The zero-order valence-electron chi connectivity index (χ0n) is 35.1. The van der Waals surface area contributed by atoms with Crippen LogP contribution in [0.15, 0.2) is 120 Å². The van der Waals surface area contributed by atoms with Crippen LogP contribution in [-0.2, 0) is 30.2 Å². The molecular weight excluding hydrogens is 779 g/mol. The van der Waals surface area contributed by atoms with Crippen LogP contribution >= 0.6 is 11.3 Å². The van der Waals surface area contributed by atoms with Gasteiger partial charge in [-0.1, -0.05) is 54.3 Å². The van der Waals surface area contributed by atoms with Gasteiger partial charge >= 0.3 is 17.9 Å². The van der Waals surface area contributed by atoms with Crippen molar-refractivity contribution >= 4 is 61.6 Å². The minimum absolute atomic E-state index is 0.130. The predicted molar refractivity (Wildman–Crippen MR) is 237 cm³/mol. The van der Waals surface area contributed by atoms with E-state index in [1.54, 1.807) is 48.7 Å². The van der Waals surface area contributed by atoms with Gasteiger partial charge in [0.15, 0.2) is 0 Å². The van der Waals surface area contributed by atoms with Crippen LogP contribution < -0.4 is 14.9 Å². The van der Waals surface area contributed by atoms with Crippen molar-refractivity contribution in [1.82, 2.24) is 4.98 Å². The molecule has 0 atom stereocenters. The lowest BCUT2D eigenvalue weighted by Gasteiger charge is -2.36. The minimum atomic E-state index is -0.758. The highest BCUT2D eigenvalue weighted by atomic mass is 32.1. The lowest BCUT2D eigenvalue weighted by atomic mass is 9.91. The Kier molecular flexibility index (Phi) is 13.2. The van der Waals surface area contributed by atoms with E-state index in [1.807, 2.05) is 84.9 Å². The van der Waals surface area contributed by atoms with Crippen LogP contribution in [-0.4, -0.2) is 52.5 Å². The van der Waals surface area contributed by atoms with Crippen molar-refractivity contribution in [2.75, 3.05) is 12.0 Å². The number of rotatable bonds is 16. The number of benzene rings is 4. The molecule has 0 radical (unpaired) electrons. The first-order valence-electron chi connectivity index (χ1n) is 19.8. The summed E-state index contributed by atoms with van der Waals surface area (Å²) in [6, 6.07) is 24.4. The van der Waals surface area contributed by atoms with Crippen molar-refractivity contribution in [3.05, 3.63) is 132 Å². The van der Waals surface area contributed by atoms with Crippen LogP contribution in [0.4, 0.5) is 5.13 Å². The van der Waals surface area contributed by atoms with Crippen LogP contribution in [0.2, 0.25) is 0 Å². The molecule has 5 aromatic rings. The van der Waals surface area contributed by atoms with Gasteiger partial charge in [-0.3, -0.25) is 5.43 Å². The monoisotopic (exact) mass is 829 g/mol. The van der Waals surface area contributed by atoms with Gasteiger partial charge in [0.1, 0.15) is 28.3 Å². The maximum Gasteiger partial charge on any atom is 0.343 e. The summed E-state index contributed by atoms with van der Waals surface area (Å²) < 4.78 is 30.2. The second-order valence-corrected chi connectivity index (χ2v) is 17.7. The number of hydrogen-bond acceptors (Lipinski definition) is 12. The Hall–Kier alpha value is -6.27. The Balaban J connectivity index is 1.12. The van der Waals surface area contributed by atoms with Crippen LogP contribution in [0.3, 0.4) is 0 Å². The van der Waals surface area contributed by atoms with Gasteiger partial charge in [-0.05, 0) is 120 Å². The number of nitrogens with one attached hydrogen (secondary N) is 1. The Morgan fingerprint density at radius 3 is 2.35 bits per heavy atom. The average Bonchev–Trinajstić information content (AvgIpc) is 3.61. The molecule has 1 heterocycles. The molecule has 12 heteroatoms. The third-order valence-electron chi connectivity index (χ3n) is 9.24. The highest BCUT2D eigenvalue weighted by Gasteiger charge is 2.34. The molecule has 312 valence electrons. The zero-order valence-corrected chi connectivity index (χ0v) is 35.9. The van der Waals surface area contributed by atoms with Crippen molar-refractivity contribution in [1.29, 1.82) is 0 Å². The third-order valence-corrected chi connectivity index (χ3v) is 10.2. The summed E-state index contributed by atoms with van der Waals surface area (Å²) >= 11 is 1.49. The van der Waals surface area contributed by atoms with Gasteiger partial charge in [0, 0.05) is 41.9 Å². The third kappa shape index (κ3) is 11.9. The van der Waals surface area contributed by atoms with E-state index in [-0.39, 0.29) is 12.2 Å². The van der Waals surface area contributed by atoms with E-state index in [1.165, 1.54) is 11.3 Å². The summed E-state index contributed by atoms with van der Waals surface area (Å²) in [5.74, 6) is 0.254. The number of nitrogens with zero attached hydrogens (tertiary/aromatic N) is 2. The topological polar surface area (TPSA) is 135 Å². The molecule has 0 amide bonds. The lowest BCUT2D eigenvalue weighted by molar-refractivity contribution is -0.155. The number of aromatic nitrogens is 1. The summed E-state index contributed by atoms with van der Waals surface area (Å²) in [5, 5.41) is 7.26. The molecule has 0 bridgehead atoms. The number of hydrazone groups is 1. The van der Waals surface area contributed by atoms with Crippen molar-refractivity contribution in [3.63, 3.8) is 0 Å². The highest BCUT2D eigenvalue weighted by molar-refractivity contribution is 7.22. The van der Waals surface area contributed by atoms with Gasteiger partial charge in [-0.15, -0.1) is 0 Å². The van der Waals surface area contributed by atoms with Gasteiger partial charge in [0.25, 0.3) is 0 Å². The number of allylic oxidation sites excluding steroid dienone is 3. The molecule has 0 spiro atoms. The van der Waals surface area contributed by atoms with Crippen LogP contribution in [0.5, 0.6) is 11.5 Å². The van der Waals surface area contributed by atoms with Gasteiger partial charge in [-0.2, -0.15) is 5.10 Å². The lowest BCUT2D eigenvalue weighted by Crippen LogP contribution is -2.38. The van der Waals surface area contributed by atoms with Crippen molar-refractivity contribution in [2.45, 2.75) is 91.0 Å².